The molecule has 0 aromatic heterocycles. The van der Waals surface area contributed by atoms with Crippen molar-refractivity contribution < 1.29 is 18.7 Å². The Bertz CT molecular complexity index is 1140. The van der Waals surface area contributed by atoms with E-state index in [0.29, 0.717) is 22.1 Å². The highest BCUT2D eigenvalue weighted by molar-refractivity contribution is 9.10. The quantitative estimate of drug-likeness (QED) is 0.393. The molecule has 0 unspecified atom stereocenters. The van der Waals surface area contributed by atoms with E-state index in [2.05, 4.69) is 15.9 Å². The second-order valence-electron chi connectivity index (χ2n) is 6.60. The van der Waals surface area contributed by atoms with Crippen molar-refractivity contribution in [3.8, 4) is 11.5 Å². The molecule has 1 aliphatic heterocycles. The number of rotatable bonds is 4. The van der Waals surface area contributed by atoms with E-state index in [9.17, 15) is 9.18 Å². The first kappa shape index (κ1) is 19.7. The van der Waals surface area contributed by atoms with E-state index >= 15 is 0 Å². The smallest absolute Gasteiger partial charge is 0.232 e. The molecule has 0 bridgehead atoms. The van der Waals surface area contributed by atoms with Crippen LogP contribution in [0.25, 0.3) is 6.08 Å². The molecular formula is C23H15BrClFO3. The lowest BCUT2D eigenvalue weighted by Crippen LogP contribution is -2.01. The minimum absolute atomic E-state index is 0.0293. The zero-order valence-electron chi connectivity index (χ0n) is 15.3. The van der Waals surface area contributed by atoms with Crippen LogP contribution < -0.4 is 9.47 Å². The van der Waals surface area contributed by atoms with Gasteiger partial charge >= 0.3 is 0 Å². The Morgan fingerprint density at radius 2 is 1.97 bits per heavy atom. The summed E-state index contributed by atoms with van der Waals surface area (Å²) in [5, 5.41) is 0.300. The third-order valence-electron chi connectivity index (χ3n) is 4.53. The molecule has 0 atom stereocenters. The minimum atomic E-state index is -0.430. The maximum atomic E-state index is 13.9. The van der Waals surface area contributed by atoms with E-state index in [4.69, 9.17) is 21.1 Å². The summed E-state index contributed by atoms with van der Waals surface area (Å²) in [7, 11) is 0. The first-order valence-corrected chi connectivity index (χ1v) is 9.99. The molecule has 0 amide bonds. The van der Waals surface area contributed by atoms with Crippen molar-refractivity contribution in [1.29, 1.82) is 0 Å². The second-order valence-corrected chi connectivity index (χ2v) is 7.92. The number of carbonyl (C=O) groups is 1. The molecular weight excluding hydrogens is 459 g/mol. The summed E-state index contributed by atoms with van der Waals surface area (Å²) in [6.45, 7) is 1.78. The van der Waals surface area contributed by atoms with E-state index in [1.165, 1.54) is 6.07 Å². The zero-order valence-corrected chi connectivity index (χ0v) is 17.7. The number of Topliss-reactive ketones (excluding diaryl/α,β-unsaturated/α-hetero) is 1. The lowest BCUT2D eigenvalue weighted by molar-refractivity contribution is 0.101. The predicted molar refractivity (Wildman–Crippen MR) is 114 cm³/mol. The van der Waals surface area contributed by atoms with Gasteiger partial charge in [-0.3, -0.25) is 4.79 Å². The van der Waals surface area contributed by atoms with Crippen LogP contribution in [0.1, 0.15) is 27.0 Å². The number of ether oxygens (including phenoxy) is 2. The van der Waals surface area contributed by atoms with Crippen molar-refractivity contribution in [3.63, 3.8) is 0 Å². The molecule has 0 fully saturated rings. The molecule has 0 N–H and O–H groups in total. The number of ketones is 1. The molecule has 146 valence electrons. The van der Waals surface area contributed by atoms with Crippen molar-refractivity contribution in [2.45, 2.75) is 13.5 Å². The topological polar surface area (TPSA) is 35.5 Å². The fraction of sp³-hybridized carbons (Fsp3) is 0.0870. The first-order chi connectivity index (χ1) is 13.9. The molecule has 29 heavy (non-hydrogen) atoms. The van der Waals surface area contributed by atoms with Gasteiger partial charge in [0.15, 0.2) is 5.76 Å². The average molecular weight is 474 g/mol. The molecule has 3 aromatic carbocycles. The van der Waals surface area contributed by atoms with Crippen LogP contribution in [0.15, 0.2) is 64.8 Å². The van der Waals surface area contributed by atoms with E-state index in [-0.39, 0.29) is 23.7 Å². The van der Waals surface area contributed by atoms with E-state index < -0.39 is 5.82 Å². The molecule has 3 nitrogen and oxygen atoms in total. The third kappa shape index (κ3) is 4.07. The zero-order chi connectivity index (χ0) is 20.5. The number of fused-ring (bicyclic) bond motifs is 1. The SMILES string of the molecule is Cc1cc(OCc2c(F)cccc2Cl)cc2c1C(=O)/C(=C/c1cccc(Br)c1)O2. The van der Waals surface area contributed by atoms with Gasteiger partial charge in [0.05, 0.1) is 10.6 Å². The molecule has 0 aliphatic carbocycles. The standard InChI is InChI=1S/C23H15BrClFO3/c1-13-8-16(28-12-17-18(25)6-3-7-19(17)26)11-20-22(13)23(27)21(29-20)10-14-4-2-5-15(24)9-14/h2-11H,12H2,1H3/b21-10-. The van der Waals surface area contributed by atoms with Crippen LogP contribution >= 0.6 is 27.5 Å². The third-order valence-corrected chi connectivity index (χ3v) is 5.38. The second kappa shape index (κ2) is 8.01. The highest BCUT2D eigenvalue weighted by atomic mass is 79.9. The van der Waals surface area contributed by atoms with E-state index in [1.54, 1.807) is 30.3 Å². The van der Waals surface area contributed by atoms with Gasteiger partial charge in [-0.25, -0.2) is 4.39 Å². The number of aryl methyl sites for hydroxylation is 1. The normalized spacial score (nSPS) is 14.1. The van der Waals surface area contributed by atoms with Crippen LogP contribution in [0.5, 0.6) is 11.5 Å². The van der Waals surface area contributed by atoms with Gasteiger partial charge in [-0.1, -0.05) is 45.7 Å². The number of carbonyl (C=O) groups excluding carboxylic acids is 1. The van der Waals surface area contributed by atoms with Gasteiger partial charge in [0.25, 0.3) is 0 Å². The van der Waals surface area contributed by atoms with Crippen molar-refractivity contribution in [1.82, 2.24) is 0 Å². The van der Waals surface area contributed by atoms with Crippen LogP contribution in [0.3, 0.4) is 0 Å². The Balaban J connectivity index is 1.59. The lowest BCUT2D eigenvalue weighted by Gasteiger charge is -2.11. The number of hydrogen-bond acceptors (Lipinski definition) is 3. The van der Waals surface area contributed by atoms with Gasteiger partial charge in [0.1, 0.15) is 23.9 Å². The average Bonchev–Trinajstić information content (AvgIpc) is 2.97. The fourth-order valence-corrected chi connectivity index (χ4v) is 3.77. The van der Waals surface area contributed by atoms with Crippen molar-refractivity contribution in [2.75, 3.05) is 0 Å². The van der Waals surface area contributed by atoms with Gasteiger partial charge in [-0.2, -0.15) is 0 Å². The van der Waals surface area contributed by atoms with Crippen molar-refractivity contribution >= 4 is 39.4 Å². The Labute approximate surface area is 180 Å². The molecule has 3 aromatic rings. The number of hydrogen-bond donors (Lipinski definition) is 0. The molecule has 6 heteroatoms. The molecule has 0 saturated heterocycles. The fourth-order valence-electron chi connectivity index (χ4n) is 3.13. The van der Waals surface area contributed by atoms with E-state index in [1.807, 2.05) is 31.2 Å². The van der Waals surface area contributed by atoms with E-state index in [0.717, 1.165) is 15.6 Å². The summed E-state index contributed by atoms with van der Waals surface area (Å²) in [5.41, 5.74) is 2.35. The van der Waals surface area contributed by atoms with Gasteiger partial charge in [-0.15, -0.1) is 0 Å². The Kier molecular flexibility index (Phi) is 5.43. The maximum absolute atomic E-state index is 13.9. The lowest BCUT2D eigenvalue weighted by atomic mass is 10.0. The highest BCUT2D eigenvalue weighted by Gasteiger charge is 2.30. The molecule has 0 saturated carbocycles. The van der Waals surface area contributed by atoms with Crippen LogP contribution in [-0.2, 0) is 6.61 Å². The monoisotopic (exact) mass is 472 g/mol. The molecule has 1 heterocycles. The molecule has 1 aliphatic rings. The Morgan fingerprint density at radius 3 is 2.72 bits per heavy atom. The van der Waals surface area contributed by atoms with Crippen LogP contribution in [0, 0.1) is 12.7 Å². The predicted octanol–water partition coefficient (Wildman–Crippen LogP) is 6.75. The van der Waals surface area contributed by atoms with Crippen LogP contribution in [0.2, 0.25) is 5.02 Å². The largest absolute Gasteiger partial charge is 0.489 e. The summed E-state index contributed by atoms with van der Waals surface area (Å²) in [6, 6.07) is 15.4. The summed E-state index contributed by atoms with van der Waals surface area (Å²) in [6.07, 6.45) is 1.70. The van der Waals surface area contributed by atoms with Crippen molar-refractivity contribution in [2.24, 2.45) is 0 Å². The van der Waals surface area contributed by atoms with Gasteiger partial charge in [0, 0.05) is 16.1 Å². The van der Waals surface area contributed by atoms with Crippen LogP contribution in [0.4, 0.5) is 4.39 Å². The minimum Gasteiger partial charge on any atom is -0.489 e. The van der Waals surface area contributed by atoms with Crippen LogP contribution in [-0.4, -0.2) is 5.78 Å². The Morgan fingerprint density at radius 1 is 1.17 bits per heavy atom. The maximum Gasteiger partial charge on any atom is 0.232 e. The summed E-state index contributed by atoms with van der Waals surface area (Å²) in [4.78, 5) is 12.8. The molecule has 0 spiro atoms. The van der Waals surface area contributed by atoms with Gasteiger partial charge in [-0.05, 0) is 54.5 Å². The van der Waals surface area contributed by atoms with Gasteiger partial charge < -0.3 is 9.47 Å². The molecule has 0 radical (unpaired) electrons. The molecule has 4 rings (SSSR count). The number of benzene rings is 3. The first-order valence-electron chi connectivity index (χ1n) is 8.82. The van der Waals surface area contributed by atoms with Gasteiger partial charge in [0.2, 0.25) is 5.78 Å². The summed E-state index contributed by atoms with van der Waals surface area (Å²) >= 11 is 9.46. The highest BCUT2D eigenvalue weighted by Crippen LogP contribution is 2.38. The van der Waals surface area contributed by atoms with Crippen molar-refractivity contribution in [3.05, 3.63) is 97.9 Å². The Hall–Kier alpha value is -2.63. The number of allylic oxidation sites excluding steroid dienone is 1. The summed E-state index contributed by atoms with van der Waals surface area (Å²) in [5.74, 6) is 0.528. The number of halogens is 3. The summed E-state index contributed by atoms with van der Waals surface area (Å²) < 4.78 is 26.4.